The van der Waals surface area contributed by atoms with Gasteiger partial charge in [0.25, 0.3) is 0 Å². The Bertz CT molecular complexity index is 624. The summed E-state index contributed by atoms with van der Waals surface area (Å²) in [5.41, 5.74) is 2.24. The fraction of sp³-hybridized carbons (Fsp3) is 0.444. The third kappa shape index (κ3) is 4.34. The Hall–Kier alpha value is -2.30. The standard InChI is InChI=1S/C18H23N3O2/c22-18(14-8-9-16-17(12-14)21-13-20-16)19-10-4-5-11-23-15-6-2-1-3-7-15/h1-3,6-7,13-14H,4-5,8-12H2,(H,19,22)(H,20,21). The Morgan fingerprint density at radius 1 is 1.30 bits per heavy atom. The number of nitrogens with zero attached hydrogens (tertiary/aromatic N) is 1. The third-order valence-electron chi connectivity index (χ3n) is 4.24. The van der Waals surface area contributed by atoms with Crippen molar-refractivity contribution in [3.8, 4) is 5.75 Å². The number of aromatic amines is 1. The summed E-state index contributed by atoms with van der Waals surface area (Å²) in [5, 5.41) is 3.05. The highest BCUT2D eigenvalue weighted by Crippen LogP contribution is 2.22. The van der Waals surface area contributed by atoms with E-state index in [1.807, 2.05) is 30.3 Å². The Morgan fingerprint density at radius 3 is 3.04 bits per heavy atom. The van der Waals surface area contributed by atoms with Crippen molar-refractivity contribution in [1.82, 2.24) is 15.3 Å². The molecule has 5 nitrogen and oxygen atoms in total. The molecule has 0 bridgehead atoms. The second kappa shape index (κ2) is 7.81. The van der Waals surface area contributed by atoms with E-state index in [9.17, 15) is 4.79 Å². The van der Waals surface area contributed by atoms with E-state index in [1.54, 1.807) is 6.33 Å². The number of hydrogen-bond donors (Lipinski definition) is 2. The Morgan fingerprint density at radius 2 is 2.17 bits per heavy atom. The van der Waals surface area contributed by atoms with Gasteiger partial charge in [-0.2, -0.15) is 0 Å². The van der Waals surface area contributed by atoms with Crippen molar-refractivity contribution >= 4 is 5.91 Å². The van der Waals surface area contributed by atoms with Crippen molar-refractivity contribution < 1.29 is 9.53 Å². The predicted octanol–water partition coefficient (Wildman–Crippen LogP) is 2.49. The molecule has 122 valence electrons. The number of carbonyl (C=O) groups excluding carboxylic acids is 1. The second-order valence-electron chi connectivity index (χ2n) is 5.93. The second-order valence-corrected chi connectivity index (χ2v) is 5.93. The quantitative estimate of drug-likeness (QED) is 0.772. The number of unbranched alkanes of at least 4 members (excludes halogenated alkanes) is 1. The van der Waals surface area contributed by atoms with Gasteiger partial charge >= 0.3 is 0 Å². The van der Waals surface area contributed by atoms with Crippen LogP contribution in [0.5, 0.6) is 5.75 Å². The fourth-order valence-electron chi connectivity index (χ4n) is 2.91. The van der Waals surface area contributed by atoms with E-state index in [4.69, 9.17) is 4.74 Å². The van der Waals surface area contributed by atoms with Crippen molar-refractivity contribution in [2.24, 2.45) is 5.92 Å². The Balaban J connectivity index is 1.30. The van der Waals surface area contributed by atoms with E-state index < -0.39 is 0 Å². The van der Waals surface area contributed by atoms with E-state index in [2.05, 4.69) is 15.3 Å². The number of rotatable bonds is 7. The number of aromatic nitrogens is 2. The zero-order valence-corrected chi connectivity index (χ0v) is 13.3. The predicted molar refractivity (Wildman–Crippen MR) is 88.3 cm³/mol. The van der Waals surface area contributed by atoms with Crippen LogP contribution < -0.4 is 10.1 Å². The van der Waals surface area contributed by atoms with E-state index in [1.165, 1.54) is 0 Å². The zero-order valence-electron chi connectivity index (χ0n) is 13.3. The van der Waals surface area contributed by atoms with Crippen LogP contribution in [0.1, 0.15) is 30.7 Å². The van der Waals surface area contributed by atoms with E-state index in [0.29, 0.717) is 13.2 Å². The number of ether oxygens (including phenoxy) is 1. The zero-order chi connectivity index (χ0) is 15.9. The van der Waals surface area contributed by atoms with Gasteiger partial charge in [0.05, 0.1) is 18.6 Å². The summed E-state index contributed by atoms with van der Waals surface area (Å²) >= 11 is 0. The number of aryl methyl sites for hydroxylation is 1. The average molecular weight is 313 g/mol. The van der Waals surface area contributed by atoms with Crippen molar-refractivity contribution in [1.29, 1.82) is 0 Å². The van der Waals surface area contributed by atoms with Gasteiger partial charge in [0.15, 0.2) is 0 Å². The highest BCUT2D eigenvalue weighted by atomic mass is 16.5. The summed E-state index contributed by atoms with van der Waals surface area (Å²) in [6.07, 6.45) is 6.14. The number of benzene rings is 1. The number of para-hydroxylation sites is 1. The van der Waals surface area contributed by atoms with Crippen molar-refractivity contribution in [3.63, 3.8) is 0 Å². The lowest BCUT2D eigenvalue weighted by Gasteiger charge is -2.20. The SMILES string of the molecule is O=C(NCCCCOc1ccccc1)C1CCc2nc[nH]c2C1. The van der Waals surface area contributed by atoms with Crippen LogP contribution in [-0.4, -0.2) is 29.0 Å². The molecule has 1 amide bonds. The summed E-state index contributed by atoms with van der Waals surface area (Å²) in [6.45, 7) is 1.39. The topological polar surface area (TPSA) is 67.0 Å². The molecule has 1 atom stereocenters. The van der Waals surface area contributed by atoms with Gasteiger partial charge < -0.3 is 15.0 Å². The van der Waals surface area contributed by atoms with Crippen molar-refractivity contribution in [2.75, 3.05) is 13.2 Å². The summed E-state index contributed by atoms with van der Waals surface area (Å²) in [5.74, 6) is 1.13. The first-order valence-corrected chi connectivity index (χ1v) is 8.29. The van der Waals surface area contributed by atoms with Gasteiger partial charge in [-0.15, -0.1) is 0 Å². The van der Waals surface area contributed by atoms with Crippen molar-refractivity contribution in [2.45, 2.75) is 32.1 Å². The van der Waals surface area contributed by atoms with E-state index in [-0.39, 0.29) is 11.8 Å². The first-order chi connectivity index (χ1) is 11.3. The number of H-pyrrole nitrogens is 1. The van der Waals surface area contributed by atoms with Crippen LogP contribution in [0.15, 0.2) is 36.7 Å². The molecule has 0 fully saturated rings. The molecule has 1 unspecified atom stereocenters. The van der Waals surface area contributed by atoms with Gasteiger partial charge in [0.2, 0.25) is 5.91 Å². The van der Waals surface area contributed by atoms with Gasteiger partial charge in [-0.25, -0.2) is 4.98 Å². The molecule has 1 aromatic carbocycles. The first-order valence-electron chi connectivity index (χ1n) is 8.29. The lowest BCUT2D eigenvalue weighted by molar-refractivity contribution is -0.125. The van der Waals surface area contributed by atoms with Crippen LogP contribution in [-0.2, 0) is 17.6 Å². The fourth-order valence-corrected chi connectivity index (χ4v) is 2.91. The molecule has 1 aromatic heterocycles. The summed E-state index contributed by atoms with van der Waals surface area (Å²) in [4.78, 5) is 19.6. The molecule has 3 rings (SSSR count). The summed E-state index contributed by atoms with van der Waals surface area (Å²) in [7, 11) is 0. The molecule has 0 saturated carbocycles. The highest BCUT2D eigenvalue weighted by molar-refractivity contribution is 5.79. The lowest BCUT2D eigenvalue weighted by Crippen LogP contribution is -2.34. The van der Waals surface area contributed by atoms with Gasteiger partial charge in [0.1, 0.15) is 5.75 Å². The Kier molecular flexibility index (Phi) is 5.29. The molecule has 1 heterocycles. The first kappa shape index (κ1) is 15.6. The van der Waals surface area contributed by atoms with Crippen LogP contribution in [0.3, 0.4) is 0 Å². The minimum Gasteiger partial charge on any atom is -0.494 e. The smallest absolute Gasteiger partial charge is 0.223 e. The van der Waals surface area contributed by atoms with E-state index in [0.717, 1.165) is 49.2 Å². The number of carbonyl (C=O) groups is 1. The maximum absolute atomic E-state index is 12.2. The molecule has 0 spiro atoms. The molecule has 0 saturated heterocycles. The minimum absolute atomic E-state index is 0.0727. The molecule has 2 N–H and O–H groups in total. The number of nitrogens with one attached hydrogen (secondary N) is 2. The van der Waals surface area contributed by atoms with Crippen LogP contribution in [0.2, 0.25) is 0 Å². The molecule has 5 heteroatoms. The minimum atomic E-state index is 0.0727. The highest BCUT2D eigenvalue weighted by Gasteiger charge is 2.25. The van der Waals surface area contributed by atoms with Gasteiger partial charge in [-0.3, -0.25) is 4.79 Å². The molecule has 1 aliphatic carbocycles. The molecule has 1 aliphatic rings. The number of hydrogen-bond acceptors (Lipinski definition) is 3. The largest absolute Gasteiger partial charge is 0.494 e. The third-order valence-corrected chi connectivity index (χ3v) is 4.24. The molecule has 2 aromatic rings. The number of imidazole rings is 1. The summed E-state index contributed by atoms with van der Waals surface area (Å²) < 4.78 is 5.64. The molecule has 23 heavy (non-hydrogen) atoms. The maximum atomic E-state index is 12.2. The molecule has 0 aliphatic heterocycles. The normalized spacial score (nSPS) is 16.6. The van der Waals surface area contributed by atoms with Crippen LogP contribution in [0.4, 0.5) is 0 Å². The van der Waals surface area contributed by atoms with Crippen LogP contribution in [0, 0.1) is 5.92 Å². The average Bonchev–Trinajstić information content (AvgIpc) is 3.06. The van der Waals surface area contributed by atoms with Gasteiger partial charge in [0, 0.05) is 24.6 Å². The maximum Gasteiger partial charge on any atom is 0.223 e. The molecular weight excluding hydrogens is 290 g/mol. The molecular formula is C18H23N3O2. The van der Waals surface area contributed by atoms with Crippen LogP contribution in [0.25, 0.3) is 0 Å². The van der Waals surface area contributed by atoms with Crippen molar-refractivity contribution in [3.05, 3.63) is 48.0 Å². The van der Waals surface area contributed by atoms with E-state index >= 15 is 0 Å². The summed E-state index contributed by atoms with van der Waals surface area (Å²) in [6, 6.07) is 9.80. The number of amides is 1. The Labute approximate surface area is 136 Å². The van der Waals surface area contributed by atoms with Gasteiger partial charge in [-0.1, -0.05) is 18.2 Å². The van der Waals surface area contributed by atoms with Crippen LogP contribution >= 0.6 is 0 Å². The number of fused-ring (bicyclic) bond motifs is 1. The molecule has 0 radical (unpaired) electrons. The van der Waals surface area contributed by atoms with Gasteiger partial charge in [-0.05, 0) is 37.8 Å². The lowest BCUT2D eigenvalue weighted by atomic mass is 9.89. The monoisotopic (exact) mass is 313 g/mol.